The Labute approximate surface area is 148 Å². The second-order valence-electron chi connectivity index (χ2n) is 4.20. The number of halogens is 1. The number of hydrogen-bond acceptors (Lipinski definition) is 7. The van der Waals surface area contributed by atoms with E-state index in [4.69, 9.17) is 9.47 Å². The molecule has 1 heterocycles. The molecule has 1 N–H and O–H groups in total. The Balaban J connectivity index is 2.68. The van der Waals surface area contributed by atoms with Gasteiger partial charge in [0, 0.05) is 19.3 Å². The molecular weight excluding hydrogens is 382 g/mol. The van der Waals surface area contributed by atoms with E-state index in [1.165, 1.54) is 11.8 Å². The van der Waals surface area contributed by atoms with Crippen LogP contribution in [0, 0.1) is 11.3 Å². The van der Waals surface area contributed by atoms with E-state index < -0.39 is 5.97 Å². The van der Waals surface area contributed by atoms with Gasteiger partial charge < -0.3 is 14.8 Å². The first-order valence-electron chi connectivity index (χ1n) is 6.89. The number of nitriles is 1. The third-order valence-corrected chi connectivity index (χ3v) is 3.88. The third-order valence-electron chi connectivity index (χ3n) is 2.65. The normalized spacial score (nSPS) is 11.4. The quantitative estimate of drug-likeness (QED) is 0.224. The van der Waals surface area contributed by atoms with Crippen LogP contribution in [0.4, 0.5) is 0 Å². The summed E-state index contributed by atoms with van der Waals surface area (Å²) in [5.41, 5.74) is 0.890. The highest BCUT2D eigenvalue weighted by molar-refractivity contribution is 9.10. The lowest BCUT2D eigenvalue weighted by Crippen LogP contribution is -2.19. The summed E-state index contributed by atoms with van der Waals surface area (Å²) in [6.07, 6.45) is 3.49. The van der Waals surface area contributed by atoms with Gasteiger partial charge in [-0.25, -0.2) is 9.78 Å². The molecule has 6 nitrogen and oxygen atoms in total. The van der Waals surface area contributed by atoms with Gasteiger partial charge in [-0.15, -0.1) is 11.8 Å². The number of hydrogen-bond donors (Lipinski definition) is 1. The molecule has 1 aromatic heterocycles. The summed E-state index contributed by atoms with van der Waals surface area (Å²) in [7, 11) is 0. The van der Waals surface area contributed by atoms with Crippen LogP contribution in [0.5, 0.6) is 0 Å². The molecule has 0 unspecified atom stereocenters. The number of pyridine rings is 1. The molecular formula is C15H18BrN3O3S. The predicted molar refractivity (Wildman–Crippen MR) is 92.4 cm³/mol. The van der Waals surface area contributed by atoms with E-state index in [9.17, 15) is 10.1 Å². The smallest absolute Gasteiger partial charge is 0.351 e. The molecule has 0 aliphatic rings. The van der Waals surface area contributed by atoms with Gasteiger partial charge in [0.15, 0.2) is 5.57 Å². The Hall–Kier alpha value is -1.56. The second-order valence-corrected chi connectivity index (χ2v) is 5.82. The van der Waals surface area contributed by atoms with Crippen molar-refractivity contribution in [2.24, 2.45) is 0 Å². The Bertz CT molecular complexity index is 585. The van der Waals surface area contributed by atoms with E-state index in [0.717, 1.165) is 10.2 Å². The predicted octanol–water partition coefficient (Wildman–Crippen LogP) is 2.61. The molecule has 0 spiro atoms. The van der Waals surface area contributed by atoms with Gasteiger partial charge in [0.1, 0.15) is 17.3 Å². The highest BCUT2D eigenvalue weighted by Gasteiger charge is 2.16. The molecule has 124 valence electrons. The third kappa shape index (κ3) is 7.03. The number of rotatable bonds is 9. The van der Waals surface area contributed by atoms with Gasteiger partial charge in [-0.3, -0.25) is 0 Å². The van der Waals surface area contributed by atoms with E-state index in [0.29, 0.717) is 24.8 Å². The van der Waals surface area contributed by atoms with Gasteiger partial charge in [-0.1, -0.05) is 6.07 Å². The van der Waals surface area contributed by atoms with Crippen LogP contribution in [0.2, 0.25) is 0 Å². The summed E-state index contributed by atoms with van der Waals surface area (Å²) in [6.45, 7) is 3.30. The van der Waals surface area contributed by atoms with Crippen LogP contribution in [0.1, 0.15) is 12.5 Å². The maximum atomic E-state index is 12.0. The first-order valence-corrected chi connectivity index (χ1v) is 8.91. The molecule has 23 heavy (non-hydrogen) atoms. The standard InChI is InChI=1S/C15H18BrN3O3S/c1-3-21-6-7-22-15(20)12(8-17)14(23-2)19-10-11-4-5-13(16)18-9-11/h4-5,9,19H,3,6-7,10H2,1-2H3/b14-12+. The lowest BCUT2D eigenvalue weighted by molar-refractivity contribution is -0.140. The average molecular weight is 400 g/mol. The molecule has 0 saturated carbocycles. The monoisotopic (exact) mass is 399 g/mol. The molecule has 0 atom stereocenters. The SMILES string of the molecule is CCOCCOC(=O)/C(C#N)=C(\NCc1ccc(Br)nc1)SC. The highest BCUT2D eigenvalue weighted by Crippen LogP contribution is 2.16. The van der Waals surface area contributed by atoms with Crippen molar-refractivity contribution in [2.75, 3.05) is 26.1 Å². The molecule has 1 rings (SSSR count). The fourth-order valence-corrected chi connectivity index (χ4v) is 2.34. The summed E-state index contributed by atoms with van der Waals surface area (Å²) in [5, 5.41) is 12.8. The Morgan fingerprint density at radius 2 is 2.26 bits per heavy atom. The van der Waals surface area contributed by atoms with E-state index >= 15 is 0 Å². The zero-order valence-electron chi connectivity index (χ0n) is 13.0. The largest absolute Gasteiger partial charge is 0.459 e. The van der Waals surface area contributed by atoms with Gasteiger partial charge in [0.2, 0.25) is 0 Å². The number of nitrogens with one attached hydrogen (secondary N) is 1. The number of aromatic nitrogens is 1. The lowest BCUT2D eigenvalue weighted by Gasteiger charge is -2.11. The first-order chi connectivity index (χ1) is 11.1. The van der Waals surface area contributed by atoms with Crippen LogP contribution < -0.4 is 5.32 Å². The topological polar surface area (TPSA) is 84.2 Å². The molecule has 0 aliphatic carbocycles. The molecule has 0 aliphatic heterocycles. The van der Waals surface area contributed by atoms with Crippen molar-refractivity contribution in [3.63, 3.8) is 0 Å². The zero-order valence-corrected chi connectivity index (χ0v) is 15.4. The van der Waals surface area contributed by atoms with Crippen LogP contribution >= 0.6 is 27.7 Å². The number of thioether (sulfide) groups is 1. The number of esters is 1. The van der Waals surface area contributed by atoms with Gasteiger partial charge >= 0.3 is 5.97 Å². The molecule has 0 saturated heterocycles. The second kappa shape index (κ2) is 11.0. The summed E-state index contributed by atoms with van der Waals surface area (Å²) in [6, 6.07) is 5.62. The van der Waals surface area contributed by atoms with Gasteiger partial charge in [0.25, 0.3) is 0 Å². The molecule has 0 radical (unpaired) electrons. The molecule has 1 aromatic rings. The van der Waals surface area contributed by atoms with E-state index in [1.54, 1.807) is 12.5 Å². The Kier molecular flexibility index (Phi) is 9.36. The van der Waals surface area contributed by atoms with Crippen molar-refractivity contribution in [1.82, 2.24) is 10.3 Å². The molecule has 0 bridgehead atoms. The van der Waals surface area contributed by atoms with Crippen molar-refractivity contribution in [1.29, 1.82) is 5.26 Å². The van der Waals surface area contributed by atoms with Crippen LogP contribution in [-0.2, 0) is 20.8 Å². The minimum Gasteiger partial charge on any atom is -0.459 e. The maximum Gasteiger partial charge on any atom is 0.351 e. The van der Waals surface area contributed by atoms with Crippen LogP contribution in [-0.4, -0.2) is 37.0 Å². The van der Waals surface area contributed by atoms with Crippen molar-refractivity contribution >= 4 is 33.7 Å². The summed E-state index contributed by atoms with van der Waals surface area (Å²) >= 11 is 4.55. The molecule has 8 heteroatoms. The fraction of sp³-hybridized carbons (Fsp3) is 0.400. The Morgan fingerprint density at radius 1 is 1.48 bits per heavy atom. The van der Waals surface area contributed by atoms with Gasteiger partial charge in [0.05, 0.1) is 11.6 Å². The van der Waals surface area contributed by atoms with E-state index in [1.807, 2.05) is 25.1 Å². The minimum absolute atomic E-state index is 0.0425. The van der Waals surface area contributed by atoms with Crippen molar-refractivity contribution in [3.8, 4) is 6.07 Å². The van der Waals surface area contributed by atoms with Crippen molar-refractivity contribution in [3.05, 3.63) is 39.1 Å². The lowest BCUT2D eigenvalue weighted by atomic mass is 10.3. The maximum absolute atomic E-state index is 12.0. The van der Waals surface area contributed by atoms with Gasteiger partial charge in [-0.2, -0.15) is 5.26 Å². The van der Waals surface area contributed by atoms with Crippen LogP contribution in [0.3, 0.4) is 0 Å². The number of carbonyl (C=O) groups excluding carboxylic acids is 1. The average Bonchev–Trinajstić information content (AvgIpc) is 2.56. The van der Waals surface area contributed by atoms with Gasteiger partial charge in [-0.05, 0) is 40.7 Å². The van der Waals surface area contributed by atoms with Crippen molar-refractivity contribution in [2.45, 2.75) is 13.5 Å². The summed E-state index contributed by atoms with van der Waals surface area (Å²) < 4.78 is 10.9. The number of ether oxygens (including phenoxy) is 2. The first kappa shape index (κ1) is 19.5. The number of carbonyl (C=O) groups is 1. The highest BCUT2D eigenvalue weighted by atomic mass is 79.9. The zero-order chi connectivity index (χ0) is 17.1. The van der Waals surface area contributed by atoms with E-state index in [-0.39, 0.29) is 12.2 Å². The van der Waals surface area contributed by atoms with Crippen LogP contribution in [0.25, 0.3) is 0 Å². The molecule has 0 aromatic carbocycles. The van der Waals surface area contributed by atoms with Crippen molar-refractivity contribution < 1.29 is 14.3 Å². The fourth-order valence-electron chi connectivity index (χ4n) is 1.55. The minimum atomic E-state index is -0.655. The summed E-state index contributed by atoms with van der Waals surface area (Å²) in [5.74, 6) is -0.655. The Morgan fingerprint density at radius 3 is 2.83 bits per heavy atom. The van der Waals surface area contributed by atoms with E-state index in [2.05, 4.69) is 26.2 Å². The number of nitrogens with zero attached hydrogens (tertiary/aromatic N) is 2. The molecule has 0 amide bonds. The van der Waals surface area contributed by atoms with Crippen LogP contribution in [0.15, 0.2) is 33.5 Å². The summed E-state index contributed by atoms with van der Waals surface area (Å²) in [4.78, 5) is 16.1. The molecule has 0 fully saturated rings.